The van der Waals surface area contributed by atoms with E-state index in [1.807, 2.05) is 0 Å². The second-order valence-electron chi connectivity index (χ2n) is 4.10. The molecule has 1 amide bonds. The average Bonchev–Trinajstić information content (AvgIpc) is 2.86. The molecule has 1 saturated heterocycles. The van der Waals surface area contributed by atoms with E-state index in [2.05, 4.69) is 24.9 Å². The summed E-state index contributed by atoms with van der Waals surface area (Å²) in [7, 11) is 1.36. The summed E-state index contributed by atoms with van der Waals surface area (Å²) in [5.74, 6) is 0.800. The predicted molar refractivity (Wildman–Crippen MR) is 66.1 cm³/mol. The fraction of sp³-hybridized carbons (Fsp3) is 0.545. The highest BCUT2D eigenvalue weighted by Gasteiger charge is 2.26. The summed E-state index contributed by atoms with van der Waals surface area (Å²) in [5, 5.41) is 2.78. The number of carbonyl (C=O) groups excluding carboxylic acids is 1. The van der Waals surface area contributed by atoms with Gasteiger partial charge in [-0.15, -0.1) is 0 Å². The molecular weight excluding hydrogens is 234 g/mol. The van der Waals surface area contributed by atoms with Gasteiger partial charge in [-0.1, -0.05) is 0 Å². The van der Waals surface area contributed by atoms with Crippen molar-refractivity contribution < 1.29 is 9.53 Å². The highest BCUT2D eigenvalue weighted by atomic mass is 16.5. The molecule has 0 saturated carbocycles. The first kappa shape index (κ1) is 12.6. The van der Waals surface area contributed by atoms with Gasteiger partial charge in [0, 0.05) is 32.0 Å². The number of anilines is 1. The number of amides is 1. The Bertz CT molecular complexity index is 426. The number of rotatable bonds is 3. The number of ether oxygens (including phenoxy) is 1. The lowest BCUT2D eigenvalue weighted by molar-refractivity contribution is 0.167. The van der Waals surface area contributed by atoms with Gasteiger partial charge < -0.3 is 20.7 Å². The molecule has 1 unspecified atom stereocenters. The summed E-state index contributed by atoms with van der Waals surface area (Å²) in [4.78, 5) is 21.7. The number of nitrogens with zero attached hydrogens (tertiary/aromatic N) is 3. The molecule has 0 aromatic carbocycles. The third-order valence-corrected chi connectivity index (χ3v) is 2.94. The lowest BCUT2D eigenvalue weighted by Gasteiger charge is -2.19. The first-order valence-corrected chi connectivity index (χ1v) is 5.84. The normalized spacial score (nSPS) is 18.8. The molecule has 2 heterocycles. The second-order valence-corrected chi connectivity index (χ2v) is 4.10. The molecule has 1 aliphatic heterocycles. The van der Waals surface area contributed by atoms with Crippen LogP contribution in [-0.4, -0.2) is 42.3 Å². The van der Waals surface area contributed by atoms with E-state index in [0.29, 0.717) is 13.1 Å². The fourth-order valence-electron chi connectivity index (χ4n) is 2.06. The van der Waals surface area contributed by atoms with Crippen molar-refractivity contribution >= 4 is 11.9 Å². The van der Waals surface area contributed by atoms with Crippen molar-refractivity contribution in [2.24, 2.45) is 5.73 Å². The van der Waals surface area contributed by atoms with E-state index in [0.717, 1.165) is 24.5 Å². The van der Waals surface area contributed by atoms with Crippen molar-refractivity contribution in [1.82, 2.24) is 15.3 Å². The number of hydrogen-bond donors (Lipinski definition) is 2. The minimum Gasteiger partial charge on any atom is -0.453 e. The molecular formula is C11H17N5O2. The molecule has 18 heavy (non-hydrogen) atoms. The van der Waals surface area contributed by atoms with Crippen molar-refractivity contribution in [1.29, 1.82) is 0 Å². The van der Waals surface area contributed by atoms with E-state index in [-0.39, 0.29) is 6.04 Å². The maximum absolute atomic E-state index is 11.1. The van der Waals surface area contributed by atoms with Crippen LogP contribution in [0, 0.1) is 0 Å². The predicted octanol–water partition coefficient (Wildman–Crippen LogP) is -0.130. The maximum atomic E-state index is 11.1. The largest absolute Gasteiger partial charge is 0.453 e. The number of hydrogen-bond acceptors (Lipinski definition) is 6. The highest BCUT2D eigenvalue weighted by molar-refractivity contribution is 5.67. The molecule has 0 spiro atoms. The Hall–Kier alpha value is -1.89. The lowest BCUT2D eigenvalue weighted by Crippen LogP contribution is -2.37. The standard InChI is InChI=1S/C11H17N5O2/c1-18-11(17)15-8-2-5-16(7-8)10-9(6-12)13-3-4-14-10/h3-4,8H,2,5-7,12H2,1H3,(H,15,17). The van der Waals surface area contributed by atoms with Gasteiger partial charge in [0.05, 0.1) is 18.8 Å². The minimum atomic E-state index is -0.403. The minimum absolute atomic E-state index is 0.0741. The average molecular weight is 251 g/mol. The van der Waals surface area contributed by atoms with E-state index in [1.165, 1.54) is 7.11 Å². The Morgan fingerprint density at radius 2 is 2.39 bits per heavy atom. The molecule has 1 aliphatic rings. The Morgan fingerprint density at radius 1 is 1.61 bits per heavy atom. The molecule has 1 aromatic heterocycles. The van der Waals surface area contributed by atoms with Gasteiger partial charge in [0.2, 0.25) is 0 Å². The monoisotopic (exact) mass is 251 g/mol. The summed E-state index contributed by atoms with van der Waals surface area (Å²) >= 11 is 0. The molecule has 1 aromatic rings. The molecule has 98 valence electrons. The van der Waals surface area contributed by atoms with Gasteiger partial charge in [-0.05, 0) is 6.42 Å². The van der Waals surface area contributed by atoms with E-state index in [4.69, 9.17) is 5.73 Å². The van der Waals surface area contributed by atoms with Crippen molar-refractivity contribution in [3.63, 3.8) is 0 Å². The zero-order chi connectivity index (χ0) is 13.0. The number of carbonyl (C=O) groups is 1. The first-order valence-electron chi connectivity index (χ1n) is 5.84. The third kappa shape index (κ3) is 2.67. The van der Waals surface area contributed by atoms with Gasteiger partial charge in [-0.2, -0.15) is 0 Å². The molecule has 1 atom stereocenters. The molecule has 7 nitrogen and oxygen atoms in total. The van der Waals surface area contributed by atoms with Crippen LogP contribution in [0.1, 0.15) is 12.1 Å². The molecule has 0 bridgehead atoms. The number of nitrogens with two attached hydrogens (primary N) is 1. The maximum Gasteiger partial charge on any atom is 0.407 e. The topological polar surface area (TPSA) is 93.4 Å². The summed E-state index contributed by atoms with van der Waals surface area (Å²) < 4.78 is 4.58. The van der Waals surface area contributed by atoms with Crippen LogP contribution in [0.15, 0.2) is 12.4 Å². The SMILES string of the molecule is COC(=O)NC1CCN(c2nccnc2CN)C1. The van der Waals surface area contributed by atoms with Crippen LogP contribution < -0.4 is 16.0 Å². The van der Waals surface area contributed by atoms with Gasteiger partial charge >= 0.3 is 6.09 Å². The summed E-state index contributed by atoms with van der Waals surface area (Å²) in [6.45, 7) is 1.87. The van der Waals surface area contributed by atoms with Gasteiger partial charge in [0.15, 0.2) is 5.82 Å². The van der Waals surface area contributed by atoms with Gasteiger partial charge in [0.25, 0.3) is 0 Å². The Morgan fingerprint density at radius 3 is 3.11 bits per heavy atom. The second kappa shape index (κ2) is 5.63. The van der Waals surface area contributed by atoms with Crippen molar-refractivity contribution in [2.45, 2.75) is 19.0 Å². The zero-order valence-corrected chi connectivity index (χ0v) is 10.3. The third-order valence-electron chi connectivity index (χ3n) is 2.94. The van der Waals surface area contributed by atoms with Crippen molar-refractivity contribution in [3.8, 4) is 0 Å². The zero-order valence-electron chi connectivity index (χ0n) is 10.3. The van der Waals surface area contributed by atoms with E-state index >= 15 is 0 Å². The lowest BCUT2D eigenvalue weighted by atomic mass is 10.3. The first-order chi connectivity index (χ1) is 8.74. The number of nitrogens with one attached hydrogen (secondary N) is 1. The quantitative estimate of drug-likeness (QED) is 0.777. The van der Waals surface area contributed by atoms with Gasteiger partial charge in [-0.3, -0.25) is 4.98 Å². The summed E-state index contributed by atoms with van der Waals surface area (Å²) in [6, 6.07) is 0.0741. The Labute approximate surface area is 105 Å². The number of methoxy groups -OCH3 is 1. The van der Waals surface area contributed by atoms with Crippen LogP contribution in [-0.2, 0) is 11.3 Å². The summed E-state index contributed by atoms with van der Waals surface area (Å²) in [5.41, 5.74) is 6.41. The summed E-state index contributed by atoms with van der Waals surface area (Å²) in [6.07, 6.45) is 3.73. The van der Waals surface area contributed by atoms with Crippen LogP contribution in [0.25, 0.3) is 0 Å². The Kier molecular flexibility index (Phi) is 3.93. The number of alkyl carbamates (subject to hydrolysis) is 1. The smallest absolute Gasteiger partial charge is 0.407 e. The van der Waals surface area contributed by atoms with Gasteiger partial charge in [0.1, 0.15) is 0 Å². The van der Waals surface area contributed by atoms with Crippen molar-refractivity contribution in [3.05, 3.63) is 18.1 Å². The van der Waals surface area contributed by atoms with Crippen LogP contribution in [0.4, 0.5) is 10.6 Å². The molecule has 1 fully saturated rings. The van der Waals surface area contributed by atoms with Crippen LogP contribution >= 0.6 is 0 Å². The van der Waals surface area contributed by atoms with Crippen molar-refractivity contribution in [2.75, 3.05) is 25.1 Å². The highest BCUT2D eigenvalue weighted by Crippen LogP contribution is 2.20. The van der Waals surface area contributed by atoms with Crippen LogP contribution in [0.2, 0.25) is 0 Å². The van der Waals surface area contributed by atoms with Crippen LogP contribution in [0.3, 0.4) is 0 Å². The molecule has 3 N–H and O–H groups in total. The van der Waals surface area contributed by atoms with Crippen LogP contribution in [0.5, 0.6) is 0 Å². The molecule has 0 radical (unpaired) electrons. The van der Waals surface area contributed by atoms with Gasteiger partial charge in [-0.25, -0.2) is 9.78 Å². The Balaban J connectivity index is 2.02. The van der Waals surface area contributed by atoms with E-state index < -0.39 is 6.09 Å². The molecule has 0 aliphatic carbocycles. The fourth-order valence-corrected chi connectivity index (χ4v) is 2.06. The van der Waals surface area contributed by atoms with E-state index in [9.17, 15) is 4.79 Å². The van der Waals surface area contributed by atoms with E-state index in [1.54, 1.807) is 12.4 Å². The molecule has 2 rings (SSSR count). The molecule has 7 heteroatoms. The number of aromatic nitrogens is 2.